The molecule has 3 saturated carbocycles. The summed E-state index contributed by atoms with van der Waals surface area (Å²) in [6.45, 7) is 42.6. The van der Waals surface area contributed by atoms with Gasteiger partial charge in [-0.2, -0.15) is 0 Å². The van der Waals surface area contributed by atoms with Crippen LogP contribution in [0.25, 0.3) is 33.3 Å². The summed E-state index contributed by atoms with van der Waals surface area (Å²) in [6.07, 6.45) is 11.1. The van der Waals surface area contributed by atoms with Crippen molar-refractivity contribution >= 4 is 104 Å². The Hall–Kier alpha value is -8.43. The summed E-state index contributed by atoms with van der Waals surface area (Å²) in [4.78, 5) is 106. The van der Waals surface area contributed by atoms with Crippen molar-refractivity contribution in [2.75, 3.05) is 82.4 Å². The number of ether oxygens (including phenoxy) is 1. The molecule has 0 atom stereocenters. The number of aliphatic hydroxyl groups excluding tert-OH is 1. The molecule has 0 aromatic carbocycles. The van der Waals surface area contributed by atoms with Crippen LogP contribution in [0.5, 0.6) is 0 Å². The maximum atomic E-state index is 13.4. The van der Waals surface area contributed by atoms with E-state index in [1.807, 2.05) is 75.6 Å². The van der Waals surface area contributed by atoms with Gasteiger partial charge in [0.25, 0.3) is 11.8 Å². The lowest BCUT2D eigenvalue weighted by Gasteiger charge is -2.54. The highest BCUT2D eigenvalue weighted by molar-refractivity contribution is 6.30. The van der Waals surface area contributed by atoms with Crippen LogP contribution < -0.4 is 25.8 Å². The van der Waals surface area contributed by atoms with Crippen LogP contribution in [0.1, 0.15) is 235 Å². The van der Waals surface area contributed by atoms with Crippen molar-refractivity contribution in [1.82, 2.24) is 55.6 Å². The van der Waals surface area contributed by atoms with Crippen LogP contribution in [-0.2, 0) is 42.0 Å². The summed E-state index contributed by atoms with van der Waals surface area (Å²) in [5.74, 6) is 1.38. The van der Waals surface area contributed by atoms with Crippen LogP contribution in [0.15, 0.2) is 92.4 Å². The number of halogens is 2. The van der Waals surface area contributed by atoms with Crippen LogP contribution in [0.3, 0.4) is 0 Å². The fraction of sp³-hybridized carbons (Fsp3) is 0.565. The van der Waals surface area contributed by atoms with Crippen LogP contribution in [-0.4, -0.2) is 186 Å². The summed E-state index contributed by atoms with van der Waals surface area (Å²) in [5, 5.41) is 29.6. The Morgan fingerprint density at radius 1 is 0.607 bits per heavy atom. The number of nitrogens with one attached hydrogen (secondary N) is 3. The topological polar surface area (TPSA) is 308 Å². The van der Waals surface area contributed by atoms with Crippen molar-refractivity contribution in [1.29, 1.82) is 0 Å². The Morgan fingerprint density at radius 2 is 1.13 bits per heavy atom. The molecule has 112 heavy (non-hydrogen) atoms. The molecular formula is C85H113Cl2N13O12. The molecule has 0 radical (unpaired) electrons. The lowest BCUT2D eigenvalue weighted by atomic mass is 9.51. The van der Waals surface area contributed by atoms with E-state index in [0.717, 1.165) is 53.1 Å². The van der Waals surface area contributed by atoms with Crippen molar-refractivity contribution in [3.05, 3.63) is 135 Å². The van der Waals surface area contributed by atoms with Gasteiger partial charge in [0.1, 0.15) is 45.0 Å². The first-order chi connectivity index (χ1) is 52.2. The number of hydrogen-bond acceptors (Lipinski definition) is 20. The van der Waals surface area contributed by atoms with Gasteiger partial charge in [-0.1, -0.05) is 98.0 Å². The van der Waals surface area contributed by atoms with E-state index in [2.05, 4.69) is 123 Å². The van der Waals surface area contributed by atoms with E-state index in [1.165, 1.54) is 44.9 Å². The number of nitrogens with zero attached hydrogens (tertiary/aromatic N) is 10. The second kappa shape index (κ2) is 32.1. The third-order valence-corrected chi connectivity index (χ3v) is 23.0. The fourth-order valence-corrected chi connectivity index (χ4v) is 16.5. The van der Waals surface area contributed by atoms with Crippen molar-refractivity contribution in [3.63, 3.8) is 0 Å². The van der Waals surface area contributed by atoms with E-state index in [-0.39, 0.29) is 75.3 Å². The van der Waals surface area contributed by atoms with Gasteiger partial charge >= 0.3 is 5.97 Å². The lowest BCUT2D eigenvalue weighted by molar-refractivity contribution is -0.153. The van der Waals surface area contributed by atoms with Crippen LogP contribution >= 0.6 is 23.2 Å². The van der Waals surface area contributed by atoms with Gasteiger partial charge in [0.15, 0.2) is 34.0 Å². The Kier molecular flexibility index (Phi) is 24.2. The minimum absolute atomic E-state index is 0.0297. The van der Waals surface area contributed by atoms with E-state index >= 15 is 0 Å². The number of esters is 1. The van der Waals surface area contributed by atoms with Gasteiger partial charge in [-0.3, -0.25) is 33.9 Å². The number of fused-ring (bicyclic) bond motifs is 3. The largest absolute Gasteiger partial charge is 0.464 e. The van der Waals surface area contributed by atoms with Crippen molar-refractivity contribution < 1.29 is 57.0 Å². The molecule has 0 unspecified atom stereocenters. The van der Waals surface area contributed by atoms with Gasteiger partial charge in [-0.25, -0.2) is 24.7 Å². The van der Waals surface area contributed by atoms with Gasteiger partial charge in [0.2, 0.25) is 17.7 Å². The highest BCUT2D eigenvalue weighted by Crippen LogP contribution is 2.62. The van der Waals surface area contributed by atoms with Gasteiger partial charge in [0, 0.05) is 124 Å². The third kappa shape index (κ3) is 18.5. The Labute approximate surface area is 667 Å². The number of anilines is 2. The molecule has 8 aromatic heterocycles. The van der Waals surface area contributed by atoms with Crippen LogP contribution in [0, 0.1) is 11.3 Å². The highest BCUT2D eigenvalue weighted by Gasteiger charge is 2.50. The number of piperazine rings is 4. The van der Waals surface area contributed by atoms with E-state index in [1.54, 1.807) is 70.4 Å². The first-order valence-electron chi connectivity index (χ1n) is 39.0. The number of aliphatic hydroxyl groups is 2. The minimum atomic E-state index is -0.738. The third-order valence-electron chi connectivity index (χ3n) is 22.6. The molecule has 7 aliphatic rings. The summed E-state index contributed by atoms with van der Waals surface area (Å²) in [6, 6.07) is 19.8. The molecule has 7 fully saturated rings. The zero-order chi connectivity index (χ0) is 81.8. The number of furan rings is 3. The summed E-state index contributed by atoms with van der Waals surface area (Å²) in [7, 11) is 1.30. The summed E-state index contributed by atoms with van der Waals surface area (Å²) in [5.41, 5.74) is 7.10. The minimum Gasteiger partial charge on any atom is -0.464 e. The zero-order valence-corrected chi connectivity index (χ0v) is 70.1. The van der Waals surface area contributed by atoms with Crippen molar-refractivity contribution in [2.45, 2.75) is 226 Å². The van der Waals surface area contributed by atoms with E-state index in [4.69, 9.17) is 46.5 Å². The van der Waals surface area contributed by atoms with E-state index < -0.39 is 28.2 Å². The van der Waals surface area contributed by atoms with Gasteiger partial charge in [0.05, 0.1) is 46.8 Å². The van der Waals surface area contributed by atoms with Crippen molar-refractivity contribution in [3.8, 4) is 0 Å². The molecule has 5 N–H and O–H groups in total. The van der Waals surface area contributed by atoms with Crippen LogP contribution in [0.2, 0.25) is 10.3 Å². The smallest absolute Gasteiger partial charge is 0.356 e. The molecular weight excluding hydrogens is 1470 g/mol. The molecule has 8 aromatic rings. The second-order valence-electron chi connectivity index (χ2n) is 36.7. The predicted octanol–water partition coefficient (Wildman–Crippen LogP) is 13.7. The molecule has 4 saturated heterocycles. The van der Waals surface area contributed by atoms with Gasteiger partial charge in [-0.15, -0.1) is 0 Å². The molecule has 0 bridgehead atoms. The molecule has 4 aliphatic heterocycles. The number of methoxy groups -OCH3 is 1. The maximum Gasteiger partial charge on any atom is 0.356 e. The Bertz CT molecular complexity index is 4810. The predicted molar refractivity (Wildman–Crippen MR) is 434 cm³/mol. The Balaban J connectivity index is 0.000000143. The molecule has 3 aliphatic carbocycles. The number of rotatable bonds is 8. The molecule has 25 nitrogen and oxygen atoms in total. The van der Waals surface area contributed by atoms with E-state index in [9.17, 15) is 33.9 Å². The number of carbonyl (C=O) groups excluding carboxylic acids is 6. The number of aromatic nitrogens is 5. The number of amides is 5. The number of pyridine rings is 5. The van der Waals surface area contributed by atoms with Gasteiger partial charge < -0.3 is 63.8 Å². The second-order valence-corrected chi connectivity index (χ2v) is 37.5. The van der Waals surface area contributed by atoms with Crippen LogP contribution in [0.4, 0.5) is 11.5 Å². The number of carbonyl (C=O) groups is 6. The molecule has 604 valence electrons. The zero-order valence-electron chi connectivity index (χ0n) is 68.6. The van der Waals surface area contributed by atoms with Gasteiger partial charge in [-0.05, 0) is 165 Å². The molecule has 15 rings (SSSR count). The normalized spacial score (nSPS) is 21.2. The average molecular weight is 1580 g/mol. The molecule has 5 amide bonds. The fourth-order valence-electron chi connectivity index (χ4n) is 16.1. The Morgan fingerprint density at radius 3 is 1.63 bits per heavy atom. The first-order valence-corrected chi connectivity index (χ1v) is 39.7. The lowest BCUT2D eigenvalue weighted by Crippen LogP contribution is -2.63. The van der Waals surface area contributed by atoms with E-state index in [0.29, 0.717) is 120 Å². The average Bonchev–Trinajstić information content (AvgIpc) is 1.04. The molecule has 27 heteroatoms. The molecule has 12 heterocycles. The SMILES string of the molecule is CC(C)(C)c1cc(C2CC3(CCC3)C2)nc2cc(C(=O)N3CCNCC3(C)C)oc12.CC(C)(C)c1cc(Cl)nc2cc(CO)oc12.CC1(C)NCCN(c2cccnc2)C1=O.CC1(O)CC(C(=O)N2CCN(C(=O)c3cc4nc(Cl)cc(C(C)(C)C)c4o3)C(C)(C)C2)C1.COC(=O)c1cccc(N2CCNC(C)(C)C2=O)n1. The highest BCUT2D eigenvalue weighted by atomic mass is 35.5. The quantitative estimate of drug-likeness (QED) is 0.0697. The summed E-state index contributed by atoms with van der Waals surface area (Å²) >= 11 is 12.2. The van der Waals surface area contributed by atoms with Crippen molar-refractivity contribution in [2.24, 2.45) is 11.3 Å². The first kappa shape index (κ1) is 84.5. The molecule has 1 spiro atoms. The maximum absolute atomic E-state index is 13.4. The number of hydrogen-bond donors (Lipinski definition) is 5. The monoisotopic (exact) mass is 1580 g/mol. The summed E-state index contributed by atoms with van der Waals surface area (Å²) < 4.78 is 22.4. The standard InChI is InChI=1S/C25H35N3O2.C24H32ClN3O4.C13H17N3O3.C12H14ClNO2.C11H15N3O/c1-23(2,3)17-11-18(16-13-25(14-16)7-6-8-25)27-19-12-20(30-21(17)19)22(29)28-10-9-26-15-24(28,4)5;1-22(2,3)15-9-18(25)26-16-10-17(32-19(15)16)21(30)28-8-7-27(13-23(28,4)5)20(29)14-11-24(6,31)12-14;1-13(2)12(18)16(8-7-14-13)10-6-4-5-9(15-10)11(17)19-3;1-12(2,3)8-5-10(13)14-9-4-7(6-15)16-11(8)9;1-11(2)10(15)14(7-6-13-11)9-4-3-5-12-8-9/h11-12,16,26H,6-10,13-15H2,1-5H3;9-10,14,31H,7-8,11-13H2,1-6H3;4-6,14H,7-8H2,1-3H3;4-5,15H,6H2,1-3H3;3-5,8,13H,6-7H2,1-2H3.